The number of halogens is 2. The highest BCUT2D eigenvalue weighted by atomic mass is 35.5. The zero-order valence-corrected chi connectivity index (χ0v) is 12.5. The normalized spacial score (nSPS) is 10.8. The number of carbonyl (C=O) groups excluding carboxylic acids is 1. The fraction of sp³-hybridized carbons (Fsp3) is 0.0714. The smallest absolute Gasteiger partial charge is 0.276 e. The molecular weight excluding hydrogens is 311 g/mol. The van der Waals surface area contributed by atoms with Gasteiger partial charge in [-0.15, -0.1) is 0 Å². The van der Waals surface area contributed by atoms with Crippen molar-refractivity contribution in [3.63, 3.8) is 0 Å². The maximum absolute atomic E-state index is 12.2. The van der Waals surface area contributed by atoms with E-state index in [1.165, 1.54) is 0 Å². The van der Waals surface area contributed by atoms with E-state index in [4.69, 9.17) is 23.2 Å². The lowest BCUT2D eigenvalue weighted by atomic mass is 10.3. The van der Waals surface area contributed by atoms with Crippen molar-refractivity contribution in [2.45, 2.75) is 6.92 Å². The summed E-state index contributed by atoms with van der Waals surface area (Å²) < 4.78 is 1.57. The Morgan fingerprint density at radius 1 is 1.19 bits per heavy atom. The Hall–Kier alpha value is -2.11. The van der Waals surface area contributed by atoms with Crippen LogP contribution < -0.4 is 5.32 Å². The number of imidazole rings is 1. The molecule has 5 nitrogen and oxygen atoms in total. The topological polar surface area (TPSA) is 59.3 Å². The van der Waals surface area contributed by atoms with E-state index in [9.17, 15) is 4.79 Å². The van der Waals surface area contributed by atoms with Crippen LogP contribution in [0.5, 0.6) is 0 Å². The molecule has 21 heavy (non-hydrogen) atoms. The number of benzene rings is 1. The molecule has 0 radical (unpaired) electrons. The first kappa shape index (κ1) is 13.9. The molecule has 0 aliphatic heterocycles. The first-order chi connectivity index (χ1) is 10.0. The van der Waals surface area contributed by atoms with Crippen molar-refractivity contribution >= 4 is 40.4 Å². The van der Waals surface area contributed by atoms with Crippen LogP contribution in [0.1, 0.15) is 16.2 Å². The first-order valence-corrected chi connectivity index (χ1v) is 6.88. The molecule has 3 aromatic rings. The Kier molecular flexibility index (Phi) is 3.53. The summed E-state index contributed by atoms with van der Waals surface area (Å²) in [5.41, 5.74) is 2.37. The second-order valence-corrected chi connectivity index (χ2v) is 5.30. The molecule has 0 atom stereocenters. The van der Waals surface area contributed by atoms with Gasteiger partial charge in [-0.1, -0.05) is 23.2 Å². The minimum absolute atomic E-state index is 0.283. The number of amides is 1. The van der Waals surface area contributed by atoms with Crippen molar-refractivity contribution in [3.05, 3.63) is 58.0 Å². The quantitative estimate of drug-likeness (QED) is 0.784. The molecule has 0 unspecified atom stereocenters. The van der Waals surface area contributed by atoms with Crippen LogP contribution in [-0.4, -0.2) is 20.5 Å². The van der Waals surface area contributed by atoms with Gasteiger partial charge in [-0.25, -0.2) is 9.50 Å². The molecule has 7 heteroatoms. The van der Waals surface area contributed by atoms with Gasteiger partial charge in [0.15, 0.2) is 5.65 Å². The SMILES string of the molecule is Cc1cn2nc(C(=O)Nc3ccc(Cl)c(Cl)c3)ccc2n1. The molecule has 106 valence electrons. The van der Waals surface area contributed by atoms with E-state index in [-0.39, 0.29) is 11.6 Å². The Balaban J connectivity index is 1.87. The number of rotatable bonds is 2. The summed E-state index contributed by atoms with van der Waals surface area (Å²) in [4.78, 5) is 16.4. The van der Waals surface area contributed by atoms with Gasteiger partial charge >= 0.3 is 0 Å². The standard InChI is InChI=1S/C14H10Cl2N4O/c1-8-7-20-13(17-8)5-4-12(19-20)14(21)18-9-2-3-10(15)11(16)6-9/h2-7H,1H3,(H,18,21). The third-order valence-corrected chi connectivity index (χ3v) is 3.59. The van der Waals surface area contributed by atoms with Gasteiger partial charge in [0.25, 0.3) is 5.91 Å². The fourth-order valence-electron chi connectivity index (χ4n) is 1.89. The van der Waals surface area contributed by atoms with Gasteiger partial charge in [-0.3, -0.25) is 4.79 Å². The third kappa shape index (κ3) is 2.84. The van der Waals surface area contributed by atoms with Crippen LogP contribution in [0.2, 0.25) is 10.0 Å². The second kappa shape index (κ2) is 5.35. The summed E-state index contributed by atoms with van der Waals surface area (Å²) in [6.45, 7) is 1.87. The van der Waals surface area contributed by atoms with Crippen LogP contribution in [0.4, 0.5) is 5.69 Å². The van der Waals surface area contributed by atoms with Gasteiger partial charge in [-0.2, -0.15) is 5.10 Å². The van der Waals surface area contributed by atoms with Gasteiger partial charge in [0.05, 0.1) is 21.9 Å². The summed E-state index contributed by atoms with van der Waals surface area (Å²) in [7, 11) is 0. The largest absolute Gasteiger partial charge is 0.321 e. The number of nitrogens with one attached hydrogen (secondary N) is 1. The minimum atomic E-state index is -0.332. The highest BCUT2D eigenvalue weighted by Gasteiger charge is 2.10. The lowest BCUT2D eigenvalue weighted by Gasteiger charge is -2.06. The van der Waals surface area contributed by atoms with Crippen LogP contribution in [0.25, 0.3) is 5.65 Å². The molecule has 2 heterocycles. The summed E-state index contributed by atoms with van der Waals surface area (Å²) in [5.74, 6) is -0.332. The van der Waals surface area contributed by atoms with Gasteiger partial charge in [-0.05, 0) is 37.3 Å². The molecule has 1 aromatic carbocycles. The number of hydrogen-bond donors (Lipinski definition) is 1. The Labute approximate surface area is 130 Å². The predicted octanol–water partition coefficient (Wildman–Crippen LogP) is 3.60. The van der Waals surface area contributed by atoms with Crippen molar-refractivity contribution in [2.75, 3.05) is 5.32 Å². The number of carbonyl (C=O) groups is 1. The van der Waals surface area contributed by atoms with E-state index in [0.717, 1.165) is 5.69 Å². The van der Waals surface area contributed by atoms with Crippen molar-refractivity contribution in [1.82, 2.24) is 14.6 Å². The molecule has 0 spiro atoms. The first-order valence-electron chi connectivity index (χ1n) is 6.12. The number of aryl methyl sites for hydroxylation is 1. The molecule has 1 N–H and O–H groups in total. The Morgan fingerprint density at radius 3 is 2.76 bits per heavy atom. The molecular formula is C14H10Cl2N4O. The lowest BCUT2D eigenvalue weighted by Crippen LogP contribution is -2.15. The average molecular weight is 321 g/mol. The van der Waals surface area contributed by atoms with Crippen LogP contribution >= 0.6 is 23.2 Å². The molecule has 0 aliphatic carbocycles. The van der Waals surface area contributed by atoms with Gasteiger partial charge in [0, 0.05) is 5.69 Å². The van der Waals surface area contributed by atoms with Crippen molar-refractivity contribution in [2.24, 2.45) is 0 Å². The summed E-state index contributed by atoms with van der Waals surface area (Å²) in [6, 6.07) is 8.24. The van der Waals surface area contributed by atoms with Gasteiger partial charge in [0.1, 0.15) is 5.69 Å². The fourth-order valence-corrected chi connectivity index (χ4v) is 2.19. The number of hydrogen-bond acceptors (Lipinski definition) is 3. The molecule has 0 saturated carbocycles. The number of fused-ring (bicyclic) bond motifs is 1. The van der Waals surface area contributed by atoms with E-state index in [1.54, 1.807) is 41.0 Å². The van der Waals surface area contributed by atoms with Crippen LogP contribution in [-0.2, 0) is 0 Å². The molecule has 0 saturated heterocycles. The molecule has 2 aromatic heterocycles. The van der Waals surface area contributed by atoms with E-state index in [0.29, 0.717) is 21.4 Å². The third-order valence-electron chi connectivity index (χ3n) is 2.85. The van der Waals surface area contributed by atoms with Crippen LogP contribution in [0, 0.1) is 6.92 Å². The molecule has 1 amide bonds. The van der Waals surface area contributed by atoms with Crippen molar-refractivity contribution in [1.29, 1.82) is 0 Å². The van der Waals surface area contributed by atoms with Gasteiger partial charge < -0.3 is 5.32 Å². The summed E-state index contributed by atoms with van der Waals surface area (Å²) >= 11 is 11.7. The zero-order valence-electron chi connectivity index (χ0n) is 11.0. The van der Waals surface area contributed by atoms with E-state index < -0.39 is 0 Å². The average Bonchev–Trinajstić information content (AvgIpc) is 2.82. The van der Waals surface area contributed by atoms with Crippen LogP contribution in [0.15, 0.2) is 36.5 Å². The number of aromatic nitrogens is 3. The number of nitrogens with zero attached hydrogens (tertiary/aromatic N) is 3. The highest BCUT2D eigenvalue weighted by molar-refractivity contribution is 6.42. The summed E-state index contributed by atoms with van der Waals surface area (Å²) in [6.07, 6.45) is 1.76. The van der Waals surface area contributed by atoms with Crippen LogP contribution in [0.3, 0.4) is 0 Å². The lowest BCUT2D eigenvalue weighted by molar-refractivity contribution is 0.102. The second-order valence-electron chi connectivity index (χ2n) is 4.49. The maximum atomic E-state index is 12.2. The van der Waals surface area contributed by atoms with Crippen molar-refractivity contribution < 1.29 is 4.79 Å². The summed E-state index contributed by atoms with van der Waals surface area (Å²) in [5, 5.41) is 7.75. The van der Waals surface area contributed by atoms with E-state index >= 15 is 0 Å². The Bertz CT molecular complexity index is 844. The predicted molar refractivity (Wildman–Crippen MR) is 82.1 cm³/mol. The monoisotopic (exact) mass is 320 g/mol. The highest BCUT2D eigenvalue weighted by Crippen LogP contribution is 2.25. The minimum Gasteiger partial charge on any atom is -0.321 e. The van der Waals surface area contributed by atoms with E-state index in [2.05, 4.69) is 15.4 Å². The molecule has 3 rings (SSSR count). The van der Waals surface area contributed by atoms with E-state index in [1.807, 2.05) is 6.92 Å². The number of anilines is 1. The molecule has 0 aliphatic rings. The van der Waals surface area contributed by atoms with Gasteiger partial charge in [0.2, 0.25) is 0 Å². The molecule has 0 bridgehead atoms. The Morgan fingerprint density at radius 2 is 2.00 bits per heavy atom. The maximum Gasteiger partial charge on any atom is 0.276 e. The zero-order chi connectivity index (χ0) is 15.0. The molecule has 0 fully saturated rings. The van der Waals surface area contributed by atoms with Crippen molar-refractivity contribution in [3.8, 4) is 0 Å².